The highest BCUT2D eigenvalue weighted by Crippen LogP contribution is 2.19. The first-order valence-electron chi connectivity index (χ1n) is 2.26. The number of ether oxygens (including phenoxy) is 2. The standard InChI is InChI=1S/C4H6O4S2/c5-1-7-3-9-10-4-8-2-6/h1-2H,3-4H2. The smallest absolute Gasteiger partial charge is 0.293 e. The monoisotopic (exact) mass is 182 g/mol. The lowest BCUT2D eigenvalue weighted by molar-refractivity contribution is -0.127. The molecule has 0 saturated carbocycles. The molecular weight excluding hydrogens is 176 g/mol. The first kappa shape index (κ1) is 9.64. The summed E-state index contributed by atoms with van der Waals surface area (Å²) >= 11 is 0. The molecule has 0 aromatic rings. The molecule has 58 valence electrons. The van der Waals surface area contributed by atoms with Crippen molar-refractivity contribution >= 4 is 34.5 Å². The van der Waals surface area contributed by atoms with Gasteiger partial charge in [0.05, 0.1) is 0 Å². The van der Waals surface area contributed by atoms with Crippen molar-refractivity contribution in [3.63, 3.8) is 0 Å². The number of hydrogen-bond donors (Lipinski definition) is 0. The molecule has 0 unspecified atom stereocenters. The Morgan fingerprint density at radius 3 is 1.70 bits per heavy atom. The van der Waals surface area contributed by atoms with E-state index in [1.807, 2.05) is 0 Å². The zero-order valence-electron chi connectivity index (χ0n) is 5.02. The van der Waals surface area contributed by atoms with Crippen LogP contribution in [0, 0.1) is 0 Å². The van der Waals surface area contributed by atoms with Crippen molar-refractivity contribution < 1.29 is 19.1 Å². The minimum atomic E-state index is 0.274. The van der Waals surface area contributed by atoms with E-state index in [0.29, 0.717) is 12.9 Å². The average molecular weight is 182 g/mol. The maximum Gasteiger partial charge on any atom is 0.293 e. The van der Waals surface area contributed by atoms with Gasteiger partial charge in [-0.3, -0.25) is 9.59 Å². The quantitative estimate of drug-likeness (QED) is 0.249. The summed E-state index contributed by atoms with van der Waals surface area (Å²) in [5.41, 5.74) is 0. The van der Waals surface area contributed by atoms with Crippen LogP contribution in [0.25, 0.3) is 0 Å². The van der Waals surface area contributed by atoms with Gasteiger partial charge in [0.15, 0.2) is 0 Å². The Kier molecular flexibility index (Phi) is 8.33. The summed E-state index contributed by atoms with van der Waals surface area (Å²) in [7, 11) is 2.59. The van der Waals surface area contributed by atoms with Crippen molar-refractivity contribution in [3.8, 4) is 0 Å². The molecule has 0 radical (unpaired) electrons. The maximum absolute atomic E-state index is 9.56. The lowest BCUT2D eigenvalue weighted by atomic mass is 11.5. The van der Waals surface area contributed by atoms with Crippen molar-refractivity contribution in [2.75, 3.05) is 11.9 Å². The summed E-state index contributed by atoms with van der Waals surface area (Å²) in [4.78, 5) is 19.1. The molecule has 0 aliphatic rings. The van der Waals surface area contributed by atoms with Gasteiger partial charge in [-0.15, -0.1) is 0 Å². The fourth-order valence-electron chi connectivity index (χ4n) is 0.179. The predicted octanol–water partition coefficient (Wildman–Crippen LogP) is 0.629. The Labute approximate surface area is 66.0 Å². The van der Waals surface area contributed by atoms with E-state index in [-0.39, 0.29) is 11.9 Å². The molecule has 0 aliphatic carbocycles. The summed E-state index contributed by atoms with van der Waals surface area (Å²) in [5, 5.41) is 0. The third kappa shape index (κ3) is 7.64. The van der Waals surface area contributed by atoms with E-state index in [9.17, 15) is 9.59 Å². The van der Waals surface area contributed by atoms with Gasteiger partial charge in [0.1, 0.15) is 11.9 Å². The van der Waals surface area contributed by atoms with E-state index >= 15 is 0 Å². The van der Waals surface area contributed by atoms with Crippen LogP contribution in [0.5, 0.6) is 0 Å². The van der Waals surface area contributed by atoms with Crippen LogP contribution in [0.4, 0.5) is 0 Å². The molecule has 10 heavy (non-hydrogen) atoms. The van der Waals surface area contributed by atoms with Crippen LogP contribution in [-0.4, -0.2) is 24.8 Å². The van der Waals surface area contributed by atoms with Gasteiger partial charge in [-0.2, -0.15) is 0 Å². The van der Waals surface area contributed by atoms with Crippen LogP contribution in [0.15, 0.2) is 0 Å². The topological polar surface area (TPSA) is 52.6 Å². The SMILES string of the molecule is O=COCSSCOC=O. The van der Waals surface area contributed by atoms with Gasteiger partial charge in [0.2, 0.25) is 0 Å². The first-order valence-corrected chi connectivity index (χ1v) is 4.75. The van der Waals surface area contributed by atoms with E-state index in [4.69, 9.17) is 0 Å². The van der Waals surface area contributed by atoms with E-state index in [1.54, 1.807) is 0 Å². The highest BCUT2D eigenvalue weighted by molar-refractivity contribution is 8.76. The molecule has 0 aromatic carbocycles. The Hall–Kier alpha value is -0.360. The fourth-order valence-corrected chi connectivity index (χ4v) is 1.28. The second kappa shape index (κ2) is 8.64. The molecule has 0 fully saturated rings. The predicted molar refractivity (Wildman–Crippen MR) is 39.2 cm³/mol. The molecule has 0 amide bonds. The minimum Gasteiger partial charge on any atom is -0.456 e. The van der Waals surface area contributed by atoms with Gasteiger partial charge in [0.25, 0.3) is 12.9 Å². The largest absolute Gasteiger partial charge is 0.456 e. The van der Waals surface area contributed by atoms with Crippen molar-refractivity contribution in [3.05, 3.63) is 0 Å². The molecule has 0 bridgehead atoms. The van der Waals surface area contributed by atoms with Crippen LogP contribution in [-0.2, 0) is 19.1 Å². The Balaban J connectivity index is 2.76. The zero-order valence-corrected chi connectivity index (χ0v) is 6.65. The van der Waals surface area contributed by atoms with Gasteiger partial charge in [0, 0.05) is 0 Å². The summed E-state index contributed by atoms with van der Waals surface area (Å²) in [6.45, 7) is 0.738. The summed E-state index contributed by atoms with van der Waals surface area (Å²) in [6.07, 6.45) is 0. The lowest BCUT2D eigenvalue weighted by Crippen LogP contribution is -1.86. The summed E-state index contributed by atoms with van der Waals surface area (Å²) in [6, 6.07) is 0. The molecular formula is C4H6O4S2. The number of carbonyl (C=O) groups excluding carboxylic acids is 2. The second-order valence-electron chi connectivity index (χ2n) is 0.997. The fraction of sp³-hybridized carbons (Fsp3) is 0.500. The Morgan fingerprint density at radius 2 is 1.40 bits per heavy atom. The van der Waals surface area contributed by atoms with Crippen LogP contribution in [0.1, 0.15) is 0 Å². The van der Waals surface area contributed by atoms with Crippen LogP contribution >= 0.6 is 21.6 Å². The molecule has 0 heterocycles. The van der Waals surface area contributed by atoms with E-state index in [0.717, 1.165) is 0 Å². The minimum absolute atomic E-state index is 0.274. The zero-order chi connectivity index (χ0) is 7.66. The molecule has 6 heteroatoms. The Morgan fingerprint density at radius 1 is 1.00 bits per heavy atom. The van der Waals surface area contributed by atoms with Crippen LogP contribution in [0.2, 0.25) is 0 Å². The maximum atomic E-state index is 9.56. The summed E-state index contributed by atoms with van der Waals surface area (Å²) < 4.78 is 8.66. The van der Waals surface area contributed by atoms with E-state index < -0.39 is 0 Å². The molecule has 0 saturated heterocycles. The highest BCUT2D eigenvalue weighted by Gasteiger charge is 1.87. The molecule has 0 N–H and O–H groups in total. The average Bonchev–Trinajstić information content (AvgIpc) is 1.97. The number of hydrogen-bond acceptors (Lipinski definition) is 6. The second-order valence-corrected chi connectivity index (χ2v) is 3.35. The van der Waals surface area contributed by atoms with Gasteiger partial charge in [-0.1, -0.05) is 0 Å². The van der Waals surface area contributed by atoms with Gasteiger partial charge in [-0.05, 0) is 21.6 Å². The van der Waals surface area contributed by atoms with Crippen LogP contribution < -0.4 is 0 Å². The van der Waals surface area contributed by atoms with E-state index in [2.05, 4.69) is 9.47 Å². The Bertz CT molecular complexity index is 85.3. The first-order chi connectivity index (χ1) is 4.91. The number of carbonyl (C=O) groups is 2. The molecule has 0 rings (SSSR count). The van der Waals surface area contributed by atoms with Crippen molar-refractivity contribution in [2.24, 2.45) is 0 Å². The highest BCUT2D eigenvalue weighted by atomic mass is 33.1. The molecule has 0 aromatic heterocycles. The number of rotatable bonds is 7. The van der Waals surface area contributed by atoms with Crippen molar-refractivity contribution in [2.45, 2.75) is 0 Å². The van der Waals surface area contributed by atoms with Gasteiger partial charge >= 0.3 is 0 Å². The molecule has 0 atom stereocenters. The van der Waals surface area contributed by atoms with E-state index in [1.165, 1.54) is 21.6 Å². The van der Waals surface area contributed by atoms with Gasteiger partial charge < -0.3 is 9.47 Å². The van der Waals surface area contributed by atoms with Gasteiger partial charge in [-0.25, -0.2) is 0 Å². The van der Waals surface area contributed by atoms with Crippen molar-refractivity contribution in [1.82, 2.24) is 0 Å². The molecule has 0 spiro atoms. The molecule has 4 nitrogen and oxygen atoms in total. The third-order valence-corrected chi connectivity index (χ3v) is 2.16. The third-order valence-electron chi connectivity index (χ3n) is 0.452. The van der Waals surface area contributed by atoms with Crippen molar-refractivity contribution in [1.29, 1.82) is 0 Å². The van der Waals surface area contributed by atoms with Crippen LogP contribution in [0.3, 0.4) is 0 Å². The lowest BCUT2D eigenvalue weighted by Gasteiger charge is -1.96. The normalized spacial score (nSPS) is 8.40. The summed E-state index contributed by atoms with van der Waals surface area (Å²) in [5.74, 6) is 0.548. The molecule has 0 aliphatic heterocycles.